The summed E-state index contributed by atoms with van der Waals surface area (Å²) in [6.07, 6.45) is 22.1. The molecule has 0 bridgehead atoms. The average molecular weight is 308 g/mol. The Bertz CT molecular complexity index is 319. The van der Waals surface area contributed by atoms with Crippen molar-refractivity contribution in [1.82, 2.24) is 0 Å². The first-order valence-corrected chi connectivity index (χ1v) is 8.74. The Kier molecular flexibility index (Phi) is 16.6. The first kappa shape index (κ1) is 20.6. The minimum atomic E-state index is -0.416. The molecule has 0 heterocycles. The molecule has 0 N–H and O–H groups in total. The van der Waals surface area contributed by atoms with E-state index < -0.39 is 5.97 Å². The number of rotatable bonds is 15. The van der Waals surface area contributed by atoms with Crippen molar-refractivity contribution in [2.24, 2.45) is 0 Å². The Labute approximate surface area is 135 Å². The molecule has 0 aliphatic rings. The monoisotopic (exact) mass is 308 g/mol. The van der Waals surface area contributed by atoms with Gasteiger partial charge in [0, 0.05) is 6.42 Å². The molecule has 3 nitrogen and oxygen atoms in total. The van der Waals surface area contributed by atoms with E-state index >= 15 is 0 Å². The summed E-state index contributed by atoms with van der Waals surface area (Å²) in [7, 11) is 0. The number of ether oxygens (including phenoxy) is 1. The minimum absolute atomic E-state index is 0.203. The lowest BCUT2D eigenvalue weighted by molar-refractivity contribution is -0.151. The Morgan fingerprint density at radius 2 is 1.41 bits per heavy atom. The van der Waals surface area contributed by atoms with Crippen molar-refractivity contribution >= 4 is 12.4 Å². The van der Waals surface area contributed by atoms with Gasteiger partial charge in [-0.15, -0.1) is 0 Å². The second-order valence-corrected chi connectivity index (χ2v) is 5.57. The Balaban J connectivity index is 3.23. The molecule has 0 amide bonds. The standard InChI is InChI=1S/C19H32O3/c1-2-3-4-5-6-7-8-9-10-11-12-13-14-15-16-17-19(21)22-18-20/h6-7,9-10,18H,2-5,8,11-17H2,1H3/b7-6-,10-9-. The van der Waals surface area contributed by atoms with E-state index in [1.165, 1.54) is 38.5 Å². The van der Waals surface area contributed by atoms with Crippen LogP contribution in [0.25, 0.3) is 0 Å². The van der Waals surface area contributed by atoms with E-state index in [0.717, 1.165) is 32.1 Å². The van der Waals surface area contributed by atoms with Crippen LogP contribution in [0.2, 0.25) is 0 Å². The van der Waals surface area contributed by atoms with Gasteiger partial charge in [-0.05, 0) is 38.5 Å². The van der Waals surface area contributed by atoms with Crippen LogP contribution in [-0.2, 0) is 14.3 Å². The van der Waals surface area contributed by atoms with E-state index in [2.05, 4.69) is 36.0 Å². The van der Waals surface area contributed by atoms with E-state index in [1.54, 1.807) is 0 Å². The van der Waals surface area contributed by atoms with Gasteiger partial charge in [-0.1, -0.05) is 63.3 Å². The summed E-state index contributed by atoms with van der Waals surface area (Å²) in [5.74, 6) is -0.416. The highest BCUT2D eigenvalue weighted by Crippen LogP contribution is 2.08. The van der Waals surface area contributed by atoms with Crippen LogP contribution in [0.4, 0.5) is 0 Å². The van der Waals surface area contributed by atoms with Crippen molar-refractivity contribution in [3.05, 3.63) is 24.3 Å². The van der Waals surface area contributed by atoms with E-state index in [-0.39, 0.29) is 6.47 Å². The Hall–Kier alpha value is -1.38. The fourth-order valence-corrected chi connectivity index (χ4v) is 2.19. The van der Waals surface area contributed by atoms with Crippen molar-refractivity contribution in [3.8, 4) is 0 Å². The molecule has 0 unspecified atom stereocenters. The van der Waals surface area contributed by atoms with Crippen LogP contribution >= 0.6 is 0 Å². The number of hydrogen-bond acceptors (Lipinski definition) is 3. The molecule has 0 aromatic heterocycles. The summed E-state index contributed by atoms with van der Waals surface area (Å²) in [5.41, 5.74) is 0. The van der Waals surface area contributed by atoms with Crippen LogP contribution in [0.3, 0.4) is 0 Å². The van der Waals surface area contributed by atoms with Gasteiger partial charge in [0.1, 0.15) is 0 Å². The molecule has 0 aromatic carbocycles. The van der Waals surface area contributed by atoms with Crippen molar-refractivity contribution in [3.63, 3.8) is 0 Å². The highest BCUT2D eigenvalue weighted by atomic mass is 16.6. The van der Waals surface area contributed by atoms with Crippen molar-refractivity contribution < 1.29 is 14.3 Å². The molecule has 0 aromatic rings. The highest BCUT2D eigenvalue weighted by molar-refractivity contribution is 5.76. The molecule has 0 aliphatic heterocycles. The number of allylic oxidation sites excluding steroid dienone is 4. The van der Waals surface area contributed by atoms with Crippen LogP contribution in [0.1, 0.15) is 84.0 Å². The van der Waals surface area contributed by atoms with Crippen LogP contribution in [0.5, 0.6) is 0 Å². The Morgan fingerprint density at radius 3 is 2.05 bits per heavy atom. The summed E-state index contributed by atoms with van der Waals surface area (Å²) in [6, 6.07) is 0. The SMILES string of the molecule is CCCCC/C=C\C/C=C\CCCCCCCC(=O)OC=O. The lowest BCUT2D eigenvalue weighted by Gasteiger charge is -1.99. The zero-order valence-electron chi connectivity index (χ0n) is 14.1. The molecule has 0 aliphatic carbocycles. The predicted molar refractivity (Wildman–Crippen MR) is 91.5 cm³/mol. The van der Waals surface area contributed by atoms with Crippen LogP contribution in [0, 0.1) is 0 Å². The second-order valence-electron chi connectivity index (χ2n) is 5.57. The number of hydrogen-bond donors (Lipinski definition) is 0. The molecule has 22 heavy (non-hydrogen) atoms. The third kappa shape index (κ3) is 16.7. The van der Waals surface area contributed by atoms with E-state index in [4.69, 9.17) is 0 Å². The number of unbranched alkanes of at least 4 members (excludes halogenated alkanes) is 8. The maximum Gasteiger partial charge on any atom is 0.313 e. The topological polar surface area (TPSA) is 43.4 Å². The number of esters is 1. The van der Waals surface area contributed by atoms with E-state index in [9.17, 15) is 9.59 Å². The van der Waals surface area contributed by atoms with Gasteiger partial charge in [-0.25, -0.2) is 0 Å². The molecule has 0 saturated carbocycles. The smallest absolute Gasteiger partial charge is 0.313 e. The van der Waals surface area contributed by atoms with Gasteiger partial charge in [-0.3, -0.25) is 9.59 Å². The molecular weight excluding hydrogens is 276 g/mol. The molecule has 0 radical (unpaired) electrons. The summed E-state index contributed by atoms with van der Waals surface area (Å²) >= 11 is 0. The predicted octanol–water partition coefficient (Wildman–Crippen LogP) is 5.50. The molecular formula is C19H32O3. The highest BCUT2D eigenvalue weighted by Gasteiger charge is 2.00. The van der Waals surface area contributed by atoms with Gasteiger partial charge in [0.15, 0.2) is 0 Å². The summed E-state index contributed by atoms with van der Waals surface area (Å²) < 4.78 is 4.23. The van der Waals surface area contributed by atoms with E-state index in [1.807, 2.05) is 0 Å². The van der Waals surface area contributed by atoms with Gasteiger partial charge in [-0.2, -0.15) is 0 Å². The van der Waals surface area contributed by atoms with Crippen LogP contribution < -0.4 is 0 Å². The van der Waals surface area contributed by atoms with Crippen molar-refractivity contribution in [2.75, 3.05) is 0 Å². The fraction of sp³-hybridized carbons (Fsp3) is 0.684. The normalized spacial score (nSPS) is 11.3. The summed E-state index contributed by atoms with van der Waals surface area (Å²) in [6.45, 7) is 2.43. The molecule has 0 spiro atoms. The molecule has 0 saturated heterocycles. The zero-order chi connectivity index (χ0) is 16.3. The number of carbonyl (C=O) groups excluding carboxylic acids is 2. The van der Waals surface area contributed by atoms with Gasteiger partial charge >= 0.3 is 12.4 Å². The van der Waals surface area contributed by atoms with Gasteiger partial charge in [0.2, 0.25) is 0 Å². The third-order valence-corrected chi connectivity index (χ3v) is 3.51. The third-order valence-electron chi connectivity index (χ3n) is 3.51. The summed E-state index contributed by atoms with van der Waals surface area (Å²) in [4.78, 5) is 20.8. The van der Waals surface area contributed by atoms with E-state index in [0.29, 0.717) is 6.42 Å². The first-order chi connectivity index (χ1) is 10.8. The van der Waals surface area contributed by atoms with Gasteiger partial charge in [0.05, 0.1) is 0 Å². The lowest BCUT2D eigenvalue weighted by Crippen LogP contribution is -2.01. The average Bonchev–Trinajstić information content (AvgIpc) is 2.51. The minimum Gasteiger partial charge on any atom is -0.395 e. The quantitative estimate of drug-likeness (QED) is 0.132. The van der Waals surface area contributed by atoms with Gasteiger partial charge < -0.3 is 4.74 Å². The molecule has 0 atom stereocenters. The molecule has 3 heteroatoms. The Morgan fingerprint density at radius 1 is 0.818 bits per heavy atom. The van der Waals surface area contributed by atoms with Crippen LogP contribution in [0.15, 0.2) is 24.3 Å². The largest absolute Gasteiger partial charge is 0.395 e. The molecule has 0 fully saturated rings. The van der Waals surface area contributed by atoms with Crippen molar-refractivity contribution in [2.45, 2.75) is 84.0 Å². The second kappa shape index (κ2) is 17.7. The lowest BCUT2D eigenvalue weighted by atomic mass is 10.1. The fourth-order valence-electron chi connectivity index (χ4n) is 2.19. The van der Waals surface area contributed by atoms with Crippen LogP contribution in [-0.4, -0.2) is 12.4 Å². The summed E-state index contributed by atoms with van der Waals surface area (Å²) in [5, 5.41) is 0. The maximum atomic E-state index is 10.9. The molecule has 0 rings (SSSR count). The first-order valence-electron chi connectivity index (χ1n) is 8.74. The zero-order valence-corrected chi connectivity index (χ0v) is 14.1. The van der Waals surface area contributed by atoms with Crippen molar-refractivity contribution in [1.29, 1.82) is 0 Å². The maximum absolute atomic E-state index is 10.9. The molecule has 126 valence electrons. The van der Waals surface area contributed by atoms with Gasteiger partial charge in [0.25, 0.3) is 0 Å². The number of carbonyl (C=O) groups is 2.